The topological polar surface area (TPSA) is 47.3 Å². The number of fused-ring (bicyclic) bond motifs is 1. The standard InChI is InChI=1S/C11H18N2O2/c1-10(2,3)8-5-9-13(12-8)6-11(4,14)7-15-9/h5,14H,6-7H2,1-4H3. The van der Waals surface area contributed by atoms with Crippen LogP contribution < -0.4 is 4.74 Å². The Balaban J connectivity index is 2.34. The van der Waals surface area contributed by atoms with Gasteiger partial charge in [-0.15, -0.1) is 0 Å². The molecule has 1 N–H and O–H groups in total. The first-order valence-electron chi connectivity index (χ1n) is 5.21. The van der Waals surface area contributed by atoms with E-state index in [1.807, 2.05) is 6.07 Å². The molecule has 4 heteroatoms. The van der Waals surface area contributed by atoms with Crippen LogP contribution in [0.2, 0.25) is 0 Å². The first-order valence-corrected chi connectivity index (χ1v) is 5.21. The highest BCUT2D eigenvalue weighted by Crippen LogP contribution is 2.29. The minimum Gasteiger partial charge on any atom is -0.475 e. The average molecular weight is 210 g/mol. The quantitative estimate of drug-likeness (QED) is 0.702. The zero-order chi connectivity index (χ0) is 11.3. The summed E-state index contributed by atoms with van der Waals surface area (Å²) in [6.07, 6.45) is 0. The summed E-state index contributed by atoms with van der Waals surface area (Å²) in [4.78, 5) is 0. The molecule has 84 valence electrons. The molecule has 2 rings (SSSR count). The molecule has 4 nitrogen and oxygen atoms in total. The summed E-state index contributed by atoms with van der Waals surface area (Å²) in [5.41, 5.74) is 0.198. The van der Waals surface area contributed by atoms with Crippen molar-refractivity contribution in [2.24, 2.45) is 0 Å². The highest BCUT2D eigenvalue weighted by atomic mass is 16.5. The molecule has 1 unspecified atom stereocenters. The second kappa shape index (κ2) is 2.98. The van der Waals surface area contributed by atoms with Gasteiger partial charge in [0.25, 0.3) is 0 Å². The molecule has 1 aliphatic rings. The van der Waals surface area contributed by atoms with Crippen LogP contribution in [0.5, 0.6) is 5.88 Å². The molecule has 1 aromatic rings. The van der Waals surface area contributed by atoms with E-state index in [-0.39, 0.29) is 5.41 Å². The van der Waals surface area contributed by atoms with Crippen molar-refractivity contribution in [3.05, 3.63) is 11.8 Å². The molecule has 0 bridgehead atoms. The number of rotatable bonds is 0. The van der Waals surface area contributed by atoms with Gasteiger partial charge in [0.05, 0.1) is 12.2 Å². The Kier molecular flexibility index (Phi) is 2.08. The second-order valence-electron chi connectivity index (χ2n) is 5.56. The van der Waals surface area contributed by atoms with Gasteiger partial charge >= 0.3 is 0 Å². The summed E-state index contributed by atoms with van der Waals surface area (Å²) in [5.74, 6) is 0.756. The fourth-order valence-corrected chi connectivity index (χ4v) is 1.59. The normalized spacial score (nSPS) is 25.9. The van der Waals surface area contributed by atoms with Gasteiger partial charge in [0.15, 0.2) is 0 Å². The summed E-state index contributed by atoms with van der Waals surface area (Å²) < 4.78 is 7.21. The van der Waals surface area contributed by atoms with Gasteiger partial charge in [-0.1, -0.05) is 20.8 Å². The smallest absolute Gasteiger partial charge is 0.212 e. The van der Waals surface area contributed by atoms with Crippen LogP contribution in [0.1, 0.15) is 33.4 Å². The third-order valence-corrected chi connectivity index (χ3v) is 2.53. The largest absolute Gasteiger partial charge is 0.475 e. The molecule has 0 aromatic carbocycles. The van der Waals surface area contributed by atoms with Gasteiger partial charge in [-0.3, -0.25) is 0 Å². The molecular weight excluding hydrogens is 192 g/mol. The summed E-state index contributed by atoms with van der Waals surface area (Å²) in [5, 5.41) is 14.3. The van der Waals surface area contributed by atoms with Gasteiger partial charge in [0, 0.05) is 11.5 Å². The van der Waals surface area contributed by atoms with Gasteiger partial charge in [0.2, 0.25) is 5.88 Å². The van der Waals surface area contributed by atoms with Crippen LogP contribution in [0.4, 0.5) is 0 Å². The van der Waals surface area contributed by atoms with Gasteiger partial charge in [-0.05, 0) is 6.92 Å². The number of nitrogens with zero attached hydrogens (tertiary/aromatic N) is 2. The fourth-order valence-electron chi connectivity index (χ4n) is 1.59. The van der Waals surface area contributed by atoms with Gasteiger partial charge in [-0.2, -0.15) is 5.10 Å². The maximum absolute atomic E-state index is 9.85. The van der Waals surface area contributed by atoms with Crippen LogP contribution >= 0.6 is 0 Å². The predicted octanol–water partition coefficient (Wildman–Crippen LogP) is 1.32. The number of hydrogen-bond donors (Lipinski definition) is 1. The lowest BCUT2D eigenvalue weighted by Crippen LogP contribution is -2.41. The molecule has 0 amide bonds. The van der Waals surface area contributed by atoms with Crippen molar-refractivity contribution in [3.8, 4) is 5.88 Å². The van der Waals surface area contributed by atoms with E-state index in [0.29, 0.717) is 13.2 Å². The van der Waals surface area contributed by atoms with Crippen LogP contribution in [-0.2, 0) is 12.0 Å². The number of aliphatic hydroxyl groups is 1. The Morgan fingerprint density at radius 3 is 2.80 bits per heavy atom. The van der Waals surface area contributed by atoms with E-state index >= 15 is 0 Å². The lowest BCUT2D eigenvalue weighted by atomic mass is 9.93. The molecule has 0 aliphatic carbocycles. The van der Waals surface area contributed by atoms with E-state index < -0.39 is 5.60 Å². The van der Waals surface area contributed by atoms with E-state index in [1.165, 1.54) is 0 Å². The van der Waals surface area contributed by atoms with Gasteiger partial charge in [0.1, 0.15) is 12.2 Å². The lowest BCUT2D eigenvalue weighted by molar-refractivity contribution is -0.0313. The van der Waals surface area contributed by atoms with Crippen LogP contribution in [0, 0.1) is 0 Å². The molecular formula is C11H18N2O2. The molecule has 0 spiro atoms. The van der Waals surface area contributed by atoms with Crippen molar-refractivity contribution >= 4 is 0 Å². The van der Waals surface area contributed by atoms with E-state index in [0.717, 1.165) is 11.6 Å². The Labute approximate surface area is 89.9 Å². The third-order valence-electron chi connectivity index (χ3n) is 2.53. The van der Waals surface area contributed by atoms with Crippen molar-refractivity contribution in [1.82, 2.24) is 9.78 Å². The summed E-state index contributed by atoms with van der Waals surface area (Å²) in [7, 11) is 0. The summed E-state index contributed by atoms with van der Waals surface area (Å²) >= 11 is 0. The van der Waals surface area contributed by atoms with E-state index in [1.54, 1.807) is 11.6 Å². The summed E-state index contributed by atoms with van der Waals surface area (Å²) in [6.45, 7) is 8.92. The highest BCUT2D eigenvalue weighted by molar-refractivity contribution is 5.23. The van der Waals surface area contributed by atoms with Crippen molar-refractivity contribution in [2.45, 2.75) is 45.3 Å². The highest BCUT2D eigenvalue weighted by Gasteiger charge is 2.31. The Hall–Kier alpha value is -1.03. The maximum atomic E-state index is 9.85. The molecule has 0 saturated heterocycles. The van der Waals surface area contributed by atoms with Crippen molar-refractivity contribution in [2.75, 3.05) is 6.61 Å². The fraction of sp³-hybridized carbons (Fsp3) is 0.727. The van der Waals surface area contributed by atoms with Gasteiger partial charge in [-0.25, -0.2) is 4.68 Å². The number of ether oxygens (including phenoxy) is 1. The molecule has 1 atom stereocenters. The monoisotopic (exact) mass is 210 g/mol. The number of aromatic nitrogens is 2. The third kappa shape index (κ3) is 2.00. The number of hydrogen-bond acceptors (Lipinski definition) is 3. The average Bonchev–Trinajstić information content (AvgIpc) is 2.43. The molecule has 2 heterocycles. The maximum Gasteiger partial charge on any atom is 0.212 e. The molecule has 1 aliphatic heterocycles. The molecule has 0 saturated carbocycles. The van der Waals surface area contributed by atoms with Crippen LogP contribution in [0.3, 0.4) is 0 Å². The first kappa shape index (κ1) is 10.5. The minimum atomic E-state index is -0.811. The van der Waals surface area contributed by atoms with E-state index in [9.17, 15) is 5.11 Å². The van der Waals surface area contributed by atoms with Crippen molar-refractivity contribution < 1.29 is 9.84 Å². The van der Waals surface area contributed by atoms with E-state index in [2.05, 4.69) is 25.9 Å². The van der Waals surface area contributed by atoms with Crippen LogP contribution in [-0.4, -0.2) is 27.1 Å². The molecule has 15 heavy (non-hydrogen) atoms. The Bertz CT molecular complexity index is 374. The lowest BCUT2D eigenvalue weighted by Gasteiger charge is -2.28. The van der Waals surface area contributed by atoms with Gasteiger partial charge < -0.3 is 9.84 Å². The molecule has 1 aromatic heterocycles. The zero-order valence-electron chi connectivity index (χ0n) is 9.74. The zero-order valence-corrected chi connectivity index (χ0v) is 9.74. The first-order chi connectivity index (χ1) is 6.78. The van der Waals surface area contributed by atoms with Crippen molar-refractivity contribution in [1.29, 1.82) is 0 Å². The van der Waals surface area contributed by atoms with E-state index in [4.69, 9.17) is 4.74 Å². The van der Waals surface area contributed by atoms with Crippen LogP contribution in [0.15, 0.2) is 6.07 Å². The molecule has 0 radical (unpaired) electrons. The second-order valence-corrected chi connectivity index (χ2v) is 5.56. The van der Waals surface area contributed by atoms with Crippen LogP contribution in [0.25, 0.3) is 0 Å². The SMILES string of the molecule is CC1(O)COc2cc(C(C)(C)C)nn2C1. The summed E-state index contributed by atoms with van der Waals surface area (Å²) in [6, 6.07) is 1.95. The molecule has 0 fully saturated rings. The Morgan fingerprint density at radius 2 is 2.20 bits per heavy atom. The predicted molar refractivity (Wildman–Crippen MR) is 57.0 cm³/mol. The van der Waals surface area contributed by atoms with Crippen molar-refractivity contribution in [3.63, 3.8) is 0 Å². The Morgan fingerprint density at radius 1 is 1.53 bits per heavy atom. The minimum absolute atomic E-state index is 0.0134.